The van der Waals surface area contributed by atoms with Crippen LogP contribution in [0, 0.1) is 6.92 Å². The molecule has 2 rings (SSSR count). The lowest BCUT2D eigenvalue weighted by Crippen LogP contribution is -2.34. The van der Waals surface area contributed by atoms with Gasteiger partial charge in [-0.3, -0.25) is 4.79 Å². The van der Waals surface area contributed by atoms with Crippen LogP contribution < -0.4 is 0 Å². The standard InChI is InChI=1S/C11H12FNO2/c1-8-4-5-10(15-8)11(14)13-6-2-3-9(12)7-13/h3-5H,2,6-7H2,1H3. The van der Waals surface area contributed by atoms with Crippen LogP contribution in [0.1, 0.15) is 22.7 Å². The molecule has 0 bridgehead atoms. The third kappa shape index (κ3) is 2.09. The largest absolute Gasteiger partial charge is 0.456 e. The molecule has 1 aliphatic rings. The van der Waals surface area contributed by atoms with Crippen molar-refractivity contribution in [3.63, 3.8) is 0 Å². The topological polar surface area (TPSA) is 33.5 Å². The summed E-state index contributed by atoms with van der Waals surface area (Å²) < 4.78 is 18.2. The van der Waals surface area contributed by atoms with E-state index in [1.165, 1.54) is 11.0 Å². The monoisotopic (exact) mass is 209 g/mol. The summed E-state index contributed by atoms with van der Waals surface area (Å²) >= 11 is 0. The van der Waals surface area contributed by atoms with Gasteiger partial charge in [0.15, 0.2) is 5.76 Å². The molecule has 0 radical (unpaired) electrons. The maximum Gasteiger partial charge on any atom is 0.289 e. The molecular formula is C11H12FNO2. The van der Waals surface area contributed by atoms with Crippen LogP contribution in [-0.4, -0.2) is 23.9 Å². The zero-order valence-corrected chi connectivity index (χ0v) is 8.50. The highest BCUT2D eigenvalue weighted by Crippen LogP contribution is 2.15. The summed E-state index contributed by atoms with van der Waals surface area (Å²) in [5.74, 6) is 0.470. The minimum absolute atomic E-state index is 0.0541. The van der Waals surface area contributed by atoms with Crippen molar-refractivity contribution in [2.45, 2.75) is 13.3 Å². The first kappa shape index (κ1) is 9.96. The number of aryl methyl sites for hydroxylation is 1. The van der Waals surface area contributed by atoms with Crippen molar-refractivity contribution in [2.75, 3.05) is 13.1 Å². The highest BCUT2D eigenvalue weighted by molar-refractivity contribution is 5.91. The highest BCUT2D eigenvalue weighted by Gasteiger charge is 2.21. The molecule has 4 heteroatoms. The van der Waals surface area contributed by atoms with Crippen LogP contribution in [0.4, 0.5) is 4.39 Å². The molecular weight excluding hydrogens is 197 g/mol. The number of rotatable bonds is 1. The van der Waals surface area contributed by atoms with Crippen LogP contribution in [0.5, 0.6) is 0 Å². The summed E-state index contributed by atoms with van der Waals surface area (Å²) in [6, 6.07) is 3.34. The third-order valence-corrected chi connectivity index (χ3v) is 2.35. The predicted molar refractivity (Wildman–Crippen MR) is 53.2 cm³/mol. The number of nitrogens with zero attached hydrogens (tertiary/aromatic N) is 1. The molecule has 80 valence electrons. The van der Waals surface area contributed by atoms with Gasteiger partial charge in [-0.1, -0.05) is 0 Å². The lowest BCUT2D eigenvalue weighted by Gasteiger charge is -2.23. The number of hydrogen-bond acceptors (Lipinski definition) is 2. The molecule has 0 fully saturated rings. The van der Waals surface area contributed by atoms with Crippen LogP contribution in [0.15, 0.2) is 28.5 Å². The van der Waals surface area contributed by atoms with Crippen molar-refractivity contribution in [3.8, 4) is 0 Å². The zero-order chi connectivity index (χ0) is 10.8. The molecule has 1 aromatic rings. The predicted octanol–water partition coefficient (Wildman–Crippen LogP) is 2.29. The van der Waals surface area contributed by atoms with E-state index in [2.05, 4.69) is 0 Å². The molecule has 0 aromatic carbocycles. The summed E-state index contributed by atoms with van der Waals surface area (Å²) in [4.78, 5) is 13.2. The Morgan fingerprint density at radius 3 is 2.93 bits per heavy atom. The van der Waals surface area contributed by atoms with Crippen LogP contribution in [0.3, 0.4) is 0 Å². The van der Waals surface area contributed by atoms with Gasteiger partial charge in [-0.15, -0.1) is 0 Å². The van der Waals surface area contributed by atoms with E-state index < -0.39 is 0 Å². The maximum absolute atomic E-state index is 13.0. The lowest BCUT2D eigenvalue weighted by molar-refractivity contribution is 0.0722. The average molecular weight is 209 g/mol. The number of carbonyl (C=O) groups excluding carboxylic acids is 1. The van der Waals surface area contributed by atoms with Crippen LogP contribution in [-0.2, 0) is 0 Å². The van der Waals surface area contributed by atoms with Gasteiger partial charge in [-0.05, 0) is 31.6 Å². The van der Waals surface area contributed by atoms with Gasteiger partial charge >= 0.3 is 0 Å². The van der Waals surface area contributed by atoms with Crippen molar-refractivity contribution in [2.24, 2.45) is 0 Å². The van der Waals surface area contributed by atoms with Gasteiger partial charge in [0.25, 0.3) is 5.91 Å². The molecule has 1 amide bonds. The Labute approximate surface area is 87.2 Å². The van der Waals surface area contributed by atoms with Crippen LogP contribution >= 0.6 is 0 Å². The SMILES string of the molecule is Cc1ccc(C(=O)N2CCC=C(F)C2)o1. The zero-order valence-electron chi connectivity index (χ0n) is 8.50. The van der Waals surface area contributed by atoms with Crippen LogP contribution in [0.2, 0.25) is 0 Å². The second-order valence-electron chi connectivity index (χ2n) is 3.58. The van der Waals surface area contributed by atoms with Gasteiger partial charge in [0.05, 0.1) is 6.54 Å². The number of hydrogen-bond donors (Lipinski definition) is 0. The second-order valence-corrected chi connectivity index (χ2v) is 3.58. The minimum atomic E-state index is -0.252. The van der Waals surface area contributed by atoms with Gasteiger partial charge in [-0.25, -0.2) is 4.39 Å². The van der Waals surface area contributed by atoms with E-state index in [1.54, 1.807) is 19.1 Å². The van der Waals surface area contributed by atoms with Gasteiger partial charge in [0.2, 0.25) is 0 Å². The fourth-order valence-electron chi connectivity index (χ4n) is 1.58. The lowest BCUT2D eigenvalue weighted by atomic mass is 10.2. The molecule has 0 unspecified atom stereocenters. The van der Waals surface area contributed by atoms with Gasteiger partial charge < -0.3 is 9.32 Å². The van der Waals surface area contributed by atoms with Crippen molar-refractivity contribution < 1.29 is 13.6 Å². The Balaban J connectivity index is 2.12. The first-order chi connectivity index (χ1) is 7.16. The summed E-state index contributed by atoms with van der Waals surface area (Å²) in [5.41, 5.74) is 0. The molecule has 0 saturated heterocycles. The average Bonchev–Trinajstić information content (AvgIpc) is 2.64. The van der Waals surface area contributed by atoms with Gasteiger partial charge in [-0.2, -0.15) is 0 Å². The quantitative estimate of drug-likeness (QED) is 0.711. The van der Waals surface area contributed by atoms with Crippen molar-refractivity contribution in [1.82, 2.24) is 4.90 Å². The Kier molecular flexibility index (Phi) is 2.58. The van der Waals surface area contributed by atoms with Crippen molar-refractivity contribution in [3.05, 3.63) is 35.6 Å². The van der Waals surface area contributed by atoms with E-state index in [4.69, 9.17) is 4.42 Å². The van der Waals surface area contributed by atoms with E-state index >= 15 is 0 Å². The molecule has 0 spiro atoms. The molecule has 0 aliphatic carbocycles. The molecule has 0 N–H and O–H groups in total. The number of furan rings is 1. The van der Waals surface area contributed by atoms with E-state index in [9.17, 15) is 9.18 Å². The smallest absolute Gasteiger partial charge is 0.289 e. The van der Waals surface area contributed by atoms with E-state index in [0.717, 1.165) is 0 Å². The molecule has 0 saturated carbocycles. The second kappa shape index (κ2) is 3.88. The third-order valence-electron chi connectivity index (χ3n) is 2.35. The summed E-state index contributed by atoms with van der Waals surface area (Å²) in [7, 11) is 0. The van der Waals surface area contributed by atoms with E-state index in [0.29, 0.717) is 18.7 Å². The molecule has 3 nitrogen and oxygen atoms in total. The van der Waals surface area contributed by atoms with Gasteiger partial charge in [0, 0.05) is 6.54 Å². The Morgan fingerprint density at radius 1 is 1.53 bits per heavy atom. The molecule has 0 atom stereocenters. The summed E-state index contributed by atoms with van der Waals surface area (Å²) in [6.07, 6.45) is 2.08. The summed E-state index contributed by atoms with van der Waals surface area (Å²) in [5, 5.41) is 0. The van der Waals surface area contributed by atoms with E-state index in [-0.39, 0.29) is 24.0 Å². The Hall–Kier alpha value is -1.58. The van der Waals surface area contributed by atoms with Gasteiger partial charge in [0.1, 0.15) is 11.6 Å². The van der Waals surface area contributed by atoms with Crippen molar-refractivity contribution >= 4 is 5.91 Å². The molecule has 15 heavy (non-hydrogen) atoms. The molecule has 1 aliphatic heterocycles. The molecule has 2 heterocycles. The number of amides is 1. The molecule has 1 aromatic heterocycles. The Morgan fingerprint density at radius 2 is 2.33 bits per heavy atom. The van der Waals surface area contributed by atoms with E-state index in [1.807, 2.05) is 0 Å². The van der Waals surface area contributed by atoms with Crippen molar-refractivity contribution in [1.29, 1.82) is 0 Å². The maximum atomic E-state index is 13.0. The number of halogens is 1. The first-order valence-electron chi connectivity index (χ1n) is 4.87. The minimum Gasteiger partial charge on any atom is -0.456 e. The van der Waals surface area contributed by atoms with Crippen LogP contribution in [0.25, 0.3) is 0 Å². The Bertz CT molecular complexity index is 408. The normalized spacial score (nSPS) is 16.4. The fourth-order valence-corrected chi connectivity index (χ4v) is 1.58. The fraction of sp³-hybridized carbons (Fsp3) is 0.364. The highest BCUT2D eigenvalue weighted by atomic mass is 19.1. The first-order valence-corrected chi connectivity index (χ1v) is 4.87. The summed E-state index contributed by atoms with van der Waals surface area (Å²) in [6.45, 7) is 2.37. The number of carbonyl (C=O) groups is 1.